The molecule has 26 heavy (non-hydrogen) atoms. The zero-order chi connectivity index (χ0) is 18.1. The van der Waals surface area contributed by atoms with Crippen LogP contribution in [-0.4, -0.2) is 28.0 Å². The van der Waals surface area contributed by atoms with Gasteiger partial charge in [-0.3, -0.25) is 4.98 Å². The quantitative estimate of drug-likeness (QED) is 0.399. The molecule has 6 heteroatoms. The Labute approximate surface area is 152 Å². The first-order valence-corrected chi connectivity index (χ1v) is 8.90. The minimum atomic E-state index is -0.247. The molecule has 4 rings (SSSR count). The van der Waals surface area contributed by atoms with Gasteiger partial charge in [0.2, 0.25) is 0 Å². The molecule has 0 N–H and O–H groups in total. The third-order valence-electron chi connectivity index (χ3n) is 5.24. The highest BCUT2D eigenvalue weighted by molar-refractivity contribution is 5.86. The summed E-state index contributed by atoms with van der Waals surface area (Å²) in [5.41, 5.74) is 15.3. The van der Waals surface area contributed by atoms with E-state index in [1.165, 1.54) is 27.7 Å². The van der Waals surface area contributed by atoms with E-state index in [0.717, 1.165) is 25.1 Å². The Bertz CT molecular complexity index is 984. The highest BCUT2D eigenvalue weighted by Crippen LogP contribution is 2.33. The molecular weight excluding hydrogens is 324 g/mol. The monoisotopic (exact) mass is 346 g/mol. The molecule has 0 aliphatic carbocycles. The van der Waals surface area contributed by atoms with E-state index in [1.54, 1.807) is 12.4 Å². The van der Waals surface area contributed by atoms with Crippen molar-refractivity contribution in [1.29, 1.82) is 0 Å². The van der Waals surface area contributed by atoms with Crippen LogP contribution in [0.1, 0.15) is 28.4 Å². The van der Waals surface area contributed by atoms with Gasteiger partial charge in [-0.25, -0.2) is 0 Å². The molecule has 3 aromatic rings. The third kappa shape index (κ3) is 2.94. The highest BCUT2D eigenvalue weighted by atomic mass is 15.2. The van der Waals surface area contributed by atoms with Gasteiger partial charge in [-0.1, -0.05) is 16.7 Å². The lowest BCUT2D eigenvalue weighted by molar-refractivity contribution is 0.308. The van der Waals surface area contributed by atoms with E-state index in [9.17, 15) is 0 Å². The van der Waals surface area contributed by atoms with Crippen LogP contribution in [0.2, 0.25) is 0 Å². The number of hydrogen-bond donors (Lipinski definition) is 0. The van der Waals surface area contributed by atoms with Crippen molar-refractivity contribution in [3.8, 4) is 0 Å². The van der Waals surface area contributed by atoms with Crippen molar-refractivity contribution in [2.45, 2.75) is 32.5 Å². The normalized spacial score (nSPS) is 15.5. The number of azide groups is 1. The first-order valence-electron chi connectivity index (χ1n) is 8.90. The molecule has 1 aliphatic heterocycles. The third-order valence-corrected chi connectivity index (χ3v) is 5.24. The fourth-order valence-corrected chi connectivity index (χ4v) is 3.94. The summed E-state index contributed by atoms with van der Waals surface area (Å²) >= 11 is 0. The summed E-state index contributed by atoms with van der Waals surface area (Å²) in [6.07, 6.45) is 4.51. The molecule has 0 spiro atoms. The Balaban J connectivity index is 1.84. The summed E-state index contributed by atoms with van der Waals surface area (Å²) in [6.45, 7) is 4.79. The van der Waals surface area contributed by atoms with Crippen LogP contribution in [0.4, 0.5) is 0 Å². The van der Waals surface area contributed by atoms with Gasteiger partial charge in [0.05, 0.1) is 6.04 Å². The van der Waals surface area contributed by atoms with Crippen LogP contribution in [0.25, 0.3) is 21.3 Å². The van der Waals surface area contributed by atoms with E-state index in [0.29, 0.717) is 6.54 Å². The van der Waals surface area contributed by atoms with Gasteiger partial charge in [0.1, 0.15) is 0 Å². The first kappa shape index (κ1) is 16.6. The molecule has 3 heterocycles. The van der Waals surface area contributed by atoms with E-state index in [-0.39, 0.29) is 6.04 Å². The van der Waals surface area contributed by atoms with Crippen LogP contribution < -0.4 is 0 Å². The van der Waals surface area contributed by atoms with Crippen molar-refractivity contribution in [2.75, 3.05) is 13.6 Å². The predicted octanol–water partition coefficient (Wildman–Crippen LogP) is 4.38. The molecule has 1 atom stereocenters. The number of aryl methyl sites for hydroxylation is 1. The number of likely N-dealkylation sites (N-methyl/N-ethyl adjacent to an activating group) is 1. The maximum absolute atomic E-state index is 9.08. The molecular formula is C20H22N6. The van der Waals surface area contributed by atoms with Gasteiger partial charge in [-0.15, -0.1) is 0 Å². The molecule has 1 aliphatic rings. The average molecular weight is 346 g/mol. The molecule has 1 aromatic carbocycles. The van der Waals surface area contributed by atoms with Gasteiger partial charge in [-0.2, -0.15) is 0 Å². The summed E-state index contributed by atoms with van der Waals surface area (Å²) < 4.78 is 2.36. The van der Waals surface area contributed by atoms with Crippen LogP contribution in [0.3, 0.4) is 0 Å². The molecule has 132 valence electrons. The molecule has 1 unspecified atom stereocenters. The van der Waals surface area contributed by atoms with Gasteiger partial charge in [-0.05, 0) is 54.9 Å². The molecule has 0 saturated carbocycles. The van der Waals surface area contributed by atoms with Crippen LogP contribution in [0.5, 0.6) is 0 Å². The second-order valence-electron chi connectivity index (χ2n) is 7.05. The second-order valence-corrected chi connectivity index (χ2v) is 7.05. The highest BCUT2D eigenvalue weighted by Gasteiger charge is 2.24. The SMILES string of the molecule is Cc1ccc2c(c1)c1c(n2CC(N=[N+]=[N-])c2ccncc2)CCN(C)C1. The van der Waals surface area contributed by atoms with E-state index in [1.807, 2.05) is 12.1 Å². The smallest absolute Gasteiger partial charge is 0.0805 e. The van der Waals surface area contributed by atoms with Crippen LogP contribution in [-0.2, 0) is 19.5 Å². The van der Waals surface area contributed by atoms with Crippen molar-refractivity contribution in [1.82, 2.24) is 14.5 Å². The van der Waals surface area contributed by atoms with Gasteiger partial charge < -0.3 is 9.47 Å². The fourth-order valence-electron chi connectivity index (χ4n) is 3.94. The van der Waals surface area contributed by atoms with E-state index < -0.39 is 0 Å². The van der Waals surface area contributed by atoms with Gasteiger partial charge >= 0.3 is 0 Å². The number of rotatable bonds is 4. The number of nitrogens with zero attached hydrogens (tertiary/aromatic N) is 6. The van der Waals surface area contributed by atoms with Crippen molar-refractivity contribution in [3.63, 3.8) is 0 Å². The lowest BCUT2D eigenvalue weighted by Gasteiger charge is -2.25. The topological polar surface area (TPSA) is 69.8 Å². The Morgan fingerprint density at radius 3 is 2.85 bits per heavy atom. The molecule has 2 aromatic heterocycles. The Kier molecular flexibility index (Phi) is 4.37. The fraction of sp³-hybridized carbons (Fsp3) is 0.350. The first-order chi connectivity index (χ1) is 12.7. The van der Waals surface area contributed by atoms with Crippen molar-refractivity contribution in [3.05, 3.63) is 75.6 Å². The Morgan fingerprint density at radius 2 is 2.08 bits per heavy atom. The minimum absolute atomic E-state index is 0.247. The molecule has 0 saturated heterocycles. The number of hydrogen-bond acceptors (Lipinski definition) is 3. The van der Waals surface area contributed by atoms with E-state index in [2.05, 4.69) is 56.6 Å². The zero-order valence-corrected chi connectivity index (χ0v) is 15.1. The van der Waals surface area contributed by atoms with Gasteiger partial charge in [0, 0.05) is 60.0 Å². The Morgan fingerprint density at radius 1 is 1.27 bits per heavy atom. The molecule has 0 bridgehead atoms. The summed E-state index contributed by atoms with van der Waals surface area (Å²) in [7, 11) is 2.17. The van der Waals surface area contributed by atoms with Crippen molar-refractivity contribution < 1.29 is 0 Å². The second kappa shape index (κ2) is 6.83. The average Bonchev–Trinajstić information content (AvgIpc) is 2.94. The molecule has 0 amide bonds. The molecule has 0 fully saturated rings. The number of aromatic nitrogens is 2. The van der Waals surface area contributed by atoms with Crippen LogP contribution in [0, 0.1) is 6.92 Å². The van der Waals surface area contributed by atoms with E-state index in [4.69, 9.17) is 5.53 Å². The van der Waals surface area contributed by atoms with Gasteiger partial charge in [0.15, 0.2) is 0 Å². The standard InChI is InChI=1S/C20H22N6/c1-14-3-4-19-16(11-14)17-12-25(2)10-7-20(17)26(19)13-18(23-24-21)15-5-8-22-9-6-15/h3-6,8-9,11,18H,7,10,12-13H2,1-2H3. The minimum Gasteiger partial charge on any atom is -0.343 e. The molecule has 6 nitrogen and oxygen atoms in total. The predicted molar refractivity (Wildman–Crippen MR) is 103 cm³/mol. The lowest BCUT2D eigenvalue weighted by atomic mass is 10.0. The zero-order valence-electron chi connectivity index (χ0n) is 15.1. The van der Waals surface area contributed by atoms with Crippen LogP contribution in [0.15, 0.2) is 47.8 Å². The summed E-state index contributed by atoms with van der Waals surface area (Å²) in [5, 5.41) is 5.40. The van der Waals surface area contributed by atoms with Crippen molar-refractivity contribution >= 4 is 10.9 Å². The maximum atomic E-state index is 9.08. The number of pyridine rings is 1. The largest absolute Gasteiger partial charge is 0.343 e. The maximum Gasteiger partial charge on any atom is 0.0805 e. The molecule has 0 radical (unpaired) electrons. The lowest BCUT2D eigenvalue weighted by Crippen LogP contribution is -2.27. The van der Waals surface area contributed by atoms with Crippen LogP contribution >= 0.6 is 0 Å². The Hall–Kier alpha value is -2.82. The summed E-state index contributed by atoms with van der Waals surface area (Å²) in [5.74, 6) is 0. The number of fused-ring (bicyclic) bond motifs is 3. The van der Waals surface area contributed by atoms with Crippen molar-refractivity contribution in [2.24, 2.45) is 5.11 Å². The summed E-state index contributed by atoms with van der Waals surface area (Å²) in [6, 6.07) is 10.2. The van der Waals surface area contributed by atoms with Gasteiger partial charge in [0.25, 0.3) is 0 Å². The summed E-state index contributed by atoms with van der Waals surface area (Å²) in [4.78, 5) is 9.53. The van der Waals surface area contributed by atoms with E-state index >= 15 is 0 Å². The number of benzene rings is 1.